The molecule has 0 aromatic carbocycles. The minimum atomic E-state index is -3.14. The zero-order chi connectivity index (χ0) is 11.3. The fourth-order valence-corrected chi connectivity index (χ4v) is 4.19. The third-order valence-electron chi connectivity index (χ3n) is 2.52. The van der Waals surface area contributed by atoms with E-state index in [9.17, 15) is 8.42 Å². The predicted molar refractivity (Wildman–Crippen MR) is 65.5 cm³/mol. The average Bonchev–Trinajstić information content (AvgIpc) is 2.52. The maximum Gasteiger partial charge on any atom is 0.213 e. The number of hydrogen-bond donors (Lipinski definition) is 2. The van der Waals surface area contributed by atoms with E-state index in [0.717, 1.165) is 25.0 Å². The summed E-state index contributed by atoms with van der Waals surface area (Å²) in [6.45, 7) is 2.33. The molecular formula is C9H20N2O2S2. The number of thioether (sulfide) groups is 1. The Morgan fingerprint density at radius 3 is 2.80 bits per heavy atom. The van der Waals surface area contributed by atoms with Crippen LogP contribution in [0, 0.1) is 0 Å². The van der Waals surface area contributed by atoms with Crippen molar-refractivity contribution in [3.63, 3.8) is 0 Å². The SMILES string of the molecule is CCSC1CCC(NS(=O)(=O)CCN)C1. The molecule has 0 bridgehead atoms. The first-order valence-corrected chi connectivity index (χ1v) is 8.09. The van der Waals surface area contributed by atoms with Crippen LogP contribution in [0.4, 0.5) is 0 Å². The lowest BCUT2D eigenvalue weighted by Crippen LogP contribution is -2.36. The van der Waals surface area contributed by atoms with Gasteiger partial charge in [-0.05, 0) is 25.0 Å². The molecule has 3 N–H and O–H groups in total. The Hall–Kier alpha value is 0.220. The Bertz CT molecular complexity index is 280. The molecule has 4 nitrogen and oxygen atoms in total. The molecule has 15 heavy (non-hydrogen) atoms. The van der Waals surface area contributed by atoms with Gasteiger partial charge in [0.2, 0.25) is 10.0 Å². The van der Waals surface area contributed by atoms with E-state index in [1.807, 2.05) is 11.8 Å². The van der Waals surface area contributed by atoms with Crippen LogP contribution in [-0.2, 0) is 10.0 Å². The summed E-state index contributed by atoms with van der Waals surface area (Å²) in [4.78, 5) is 0. The van der Waals surface area contributed by atoms with E-state index in [2.05, 4.69) is 11.6 Å². The molecule has 0 aromatic rings. The Kier molecular flexibility index (Phi) is 5.38. The second-order valence-corrected chi connectivity index (χ2v) is 7.26. The lowest BCUT2D eigenvalue weighted by Gasteiger charge is -2.12. The number of rotatable bonds is 6. The van der Waals surface area contributed by atoms with E-state index in [1.54, 1.807) is 0 Å². The minimum absolute atomic E-state index is 0.0368. The van der Waals surface area contributed by atoms with Crippen LogP contribution in [0.5, 0.6) is 0 Å². The van der Waals surface area contributed by atoms with Gasteiger partial charge < -0.3 is 5.73 Å². The van der Waals surface area contributed by atoms with Crippen molar-refractivity contribution in [3.05, 3.63) is 0 Å². The van der Waals surface area contributed by atoms with Crippen LogP contribution in [0.2, 0.25) is 0 Å². The maximum atomic E-state index is 11.5. The highest BCUT2D eigenvalue weighted by Gasteiger charge is 2.27. The summed E-state index contributed by atoms with van der Waals surface area (Å²) in [6.07, 6.45) is 3.04. The zero-order valence-electron chi connectivity index (χ0n) is 9.11. The first-order chi connectivity index (χ1) is 7.07. The number of sulfonamides is 1. The molecule has 1 fully saturated rings. The van der Waals surface area contributed by atoms with E-state index in [1.165, 1.54) is 0 Å². The van der Waals surface area contributed by atoms with Crippen molar-refractivity contribution in [2.45, 2.75) is 37.5 Å². The van der Waals surface area contributed by atoms with Gasteiger partial charge >= 0.3 is 0 Å². The van der Waals surface area contributed by atoms with E-state index in [-0.39, 0.29) is 18.3 Å². The van der Waals surface area contributed by atoms with Crippen LogP contribution < -0.4 is 10.5 Å². The Morgan fingerprint density at radius 2 is 2.20 bits per heavy atom. The molecule has 1 aliphatic carbocycles. The van der Waals surface area contributed by atoms with Gasteiger partial charge in [0, 0.05) is 17.8 Å². The molecule has 1 aliphatic rings. The van der Waals surface area contributed by atoms with Gasteiger partial charge in [0.1, 0.15) is 0 Å². The van der Waals surface area contributed by atoms with Gasteiger partial charge in [-0.25, -0.2) is 13.1 Å². The smallest absolute Gasteiger partial charge is 0.213 e. The van der Waals surface area contributed by atoms with Crippen LogP contribution in [0.25, 0.3) is 0 Å². The van der Waals surface area contributed by atoms with Crippen molar-refractivity contribution in [1.29, 1.82) is 0 Å². The third-order valence-corrected chi connectivity index (χ3v) is 5.22. The maximum absolute atomic E-state index is 11.5. The van der Waals surface area contributed by atoms with Gasteiger partial charge in [-0.15, -0.1) is 0 Å². The van der Waals surface area contributed by atoms with Crippen molar-refractivity contribution in [1.82, 2.24) is 4.72 Å². The van der Waals surface area contributed by atoms with E-state index in [0.29, 0.717) is 5.25 Å². The molecule has 0 radical (unpaired) electrons. The molecule has 2 atom stereocenters. The van der Waals surface area contributed by atoms with Crippen LogP contribution >= 0.6 is 11.8 Å². The molecule has 6 heteroatoms. The molecule has 0 aliphatic heterocycles. The molecular weight excluding hydrogens is 232 g/mol. The third kappa shape index (κ3) is 4.72. The molecule has 1 rings (SSSR count). The van der Waals surface area contributed by atoms with E-state index in [4.69, 9.17) is 5.73 Å². The number of nitrogens with two attached hydrogens (primary N) is 1. The minimum Gasteiger partial charge on any atom is -0.329 e. The molecule has 1 saturated carbocycles. The molecule has 0 spiro atoms. The quantitative estimate of drug-likeness (QED) is 0.723. The van der Waals surface area contributed by atoms with Crippen molar-refractivity contribution >= 4 is 21.8 Å². The van der Waals surface area contributed by atoms with Gasteiger partial charge in [0.05, 0.1) is 5.75 Å². The van der Waals surface area contributed by atoms with Crippen LogP contribution in [0.1, 0.15) is 26.2 Å². The fraction of sp³-hybridized carbons (Fsp3) is 1.00. The molecule has 90 valence electrons. The van der Waals surface area contributed by atoms with Gasteiger partial charge in [-0.2, -0.15) is 11.8 Å². The van der Waals surface area contributed by atoms with Crippen LogP contribution in [-0.4, -0.2) is 37.8 Å². The Balaban J connectivity index is 2.35. The van der Waals surface area contributed by atoms with Gasteiger partial charge in [0.15, 0.2) is 0 Å². The number of nitrogens with one attached hydrogen (secondary N) is 1. The van der Waals surface area contributed by atoms with Gasteiger partial charge in [-0.1, -0.05) is 6.92 Å². The first kappa shape index (κ1) is 13.3. The summed E-state index contributed by atoms with van der Waals surface area (Å²) < 4.78 is 25.6. The van der Waals surface area contributed by atoms with Crippen LogP contribution in [0.15, 0.2) is 0 Å². The Morgan fingerprint density at radius 1 is 1.47 bits per heavy atom. The summed E-state index contributed by atoms with van der Waals surface area (Å²) in [5, 5.41) is 0.626. The predicted octanol–water partition coefficient (Wildman–Crippen LogP) is 0.539. The highest BCUT2D eigenvalue weighted by Crippen LogP contribution is 2.29. The second kappa shape index (κ2) is 6.08. The van der Waals surface area contributed by atoms with E-state index < -0.39 is 10.0 Å². The summed E-state index contributed by atoms with van der Waals surface area (Å²) >= 11 is 1.92. The van der Waals surface area contributed by atoms with Crippen molar-refractivity contribution in [3.8, 4) is 0 Å². The van der Waals surface area contributed by atoms with Crippen LogP contribution in [0.3, 0.4) is 0 Å². The van der Waals surface area contributed by atoms with Crippen molar-refractivity contribution in [2.24, 2.45) is 5.73 Å². The lowest BCUT2D eigenvalue weighted by atomic mass is 10.3. The molecule has 0 aromatic heterocycles. The van der Waals surface area contributed by atoms with Crippen molar-refractivity contribution < 1.29 is 8.42 Å². The average molecular weight is 252 g/mol. The topological polar surface area (TPSA) is 72.2 Å². The summed E-state index contributed by atoms with van der Waals surface area (Å²) in [5.74, 6) is 1.14. The summed E-state index contributed by atoms with van der Waals surface area (Å²) in [6, 6.07) is 0.130. The monoisotopic (exact) mass is 252 g/mol. The normalized spacial score (nSPS) is 27.1. The summed E-state index contributed by atoms with van der Waals surface area (Å²) in [7, 11) is -3.14. The standard InChI is InChI=1S/C9H20N2O2S2/c1-2-14-9-4-3-8(7-9)11-15(12,13)6-5-10/h8-9,11H,2-7,10H2,1H3. The second-order valence-electron chi connectivity index (χ2n) is 3.81. The summed E-state index contributed by atoms with van der Waals surface area (Å²) in [5.41, 5.74) is 5.24. The van der Waals surface area contributed by atoms with Crippen molar-refractivity contribution in [2.75, 3.05) is 18.1 Å². The first-order valence-electron chi connectivity index (χ1n) is 5.39. The number of hydrogen-bond acceptors (Lipinski definition) is 4. The zero-order valence-corrected chi connectivity index (χ0v) is 10.7. The Labute approximate surface area is 96.4 Å². The highest BCUT2D eigenvalue weighted by atomic mass is 32.2. The van der Waals surface area contributed by atoms with E-state index >= 15 is 0 Å². The van der Waals surface area contributed by atoms with Gasteiger partial charge in [-0.3, -0.25) is 0 Å². The molecule has 0 saturated heterocycles. The highest BCUT2D eigenvalue weighted by molar-refractivity contribution is 7.99. The fourth-order valence-electron chi connectivity index (χ4n) is 1.90. The van der Waals surface area contributed by atoms with Gasteiger partial charge in [0.25, 0.3) is 0 Å². The lowest BCUT2D eigenvalue weighted by molar-refractivity contribution is 0.552. The largest absolute Gasteiger partial charge is 0.329 e. The molecule has 0 amide bonds. The molecule has 0 heterocycles. The molecule has 2 unspecified atom stereocenters.